The SMILES string of the molecule is CCONC(=O)c1cccnc1Br. The topological polar surface area (TPSA) is 51.2 Å². The molecule has 0 atom stereocenters. The van der Waals surface area contributed by atoms with Crippen LogP contribution in [0.4, 0.5) is 0 Å². The fourth-order valence-corrected chi connectivity index (χ4v) is 1.18. The molecule has 5 heteroatoms. The number of amides is 1. The summed E-state index contributed by atoms with van der Waals surface area (Å²) in [6.07, 6.45) is 1.60. The first kappa shape index (κ1) is 10.1. The van der Waals surface area contributed by atoms with Crippen molar-refractivity contribution in [3.8, 4) is 0 Å². The van der Waals surface area contributed by atoms with Crippen molar-refractivity contribution in [1.82, 2.24) is 10.5 Å². The zero-order chi connectivity index (χ0) is 9.68. The van der Waals surface area contributed by atoms with Crippen LogP contribution in [0.2, 0.25) is 0 Å². The third kappa shape index (κ3) is 2.78. The summed E-state index contributed by atoms with van der Waals surface area (Å²) in [4.78, 5) is 20.0. The molecule has 1 N–H and O–H groups in total. The van der Waals surface area contributed by atoms with Gasteiger partial charge in [0.15, 0.2) is 0 Å². The van der Waals surface area contributed by atoms with E-state index >= 15 is 0 Å². The molecule has 0 spiro atoms. The maximum absolute atomic E-state index is 11.3. The van der Waals surface area contributed by atoms with E-state index in [0.29, 0.717) is 16.8 Å². The third-order valence-corrected chi connectivity index (χ3v) is 1.94. The van der Waals surface area contributed by atoms with Crippen LogP contribution in [0, 0.1) is 0 Å². The molecule has 0 saturated heterocycles. The van der Waals surface area contributed by atoms with Crippen molar-refractivity contribution in [2.45, 2.75) is 6.92 Å². The number of aromatic nitrogens is 1. The molecule has 70 valence electrons. The maximum atomic E-state index is 11.3. The van der Waals surface area contributed by atoms with Crippen molar-refractivity contribution in [1.29, 1.82) is 0 Å². The number of nitrogens with zero attached hydrogens (tertiary/aromatic N) is 1. The predicted octanol–water partition coefficient (Wildman–Crippen LogP) is 1.53. The molecule has 1 amide bonds. The number of rotatable bonds is 3. The average molecular weight is 245 g/mol. The van der Waals surface area contributed by atoms with E-state index in [1.807, 2.05) is 0 Å². The number of nitrogens with one attached hydrogen (secondary N) is 1. The molecular weight excluding hydrogens is 236 g/mol. The number of hydrogen-bond acceptors (Lipinski definition) is 3. The van der Waals surface area contributed by atoms with Crippen LogP contribution in [0.3, 0.4) is 0 Å². The second kappa shape index (κ2) is 4.94. The van der Waals surface area contributed by atoms with E-state index in [9.17, 15) is 4.79 Å². The molecule has 0 aromatic carbocycles. The van der Waals surface area contributed by atoms with Gasteiger partial charge < -0.3 is 0 Å². The van der Waals surface area contributed by atoms with Crippen LogP contribution < -0.4 is 5.48 Å². The van der Waals surface area contributed by atoms with Crippen LogP contribution in [-0.4, -0.2) is 17.5 Å². The van der Waals surface area contributed by atoms with Gasteiger partial charge in [0.2, 0.25) is 0 Å². The Hall–Kier alpha value is -0.940. The zero-order valence-corrected chi connectivity index (χ0v) is 8.67. The van der Waals surface area contributed by atoms with Crippen LogP contribution in [0.5, 0.6) is 0 Å². The Bertz CT molecular complexity index is 304. The van der Waals surface area contributed by atoms with Crippen LogP contribution in [0.15, 0.2) is 22.9 Å². The first-order valence-corrected chi connectivity index (χ1v) is 4.57. The molecule has 1 aromatic rings. The van der Waals surface area contributed by atoms with E-state index in [1.165, 1.54) is 0 Å². The van der Waals surface area contributed by atoms with Crippen LogP contribution in [0.1, 0.15) is 17.3 Å². The molecule has 0 bridgehead atoms. The number of pyridine rings is 1. The van der Waals surface area contributed by atoms with Crippen molar-refractivity contribution < 1.29 is 9.63 Å². The highest BCUT2D eigenvalue weighted by Crippen LogP contribution is 2.11. The smallest absolute Gasteiger partial charge is 0.274 e. The maximum Gasteiger partial charge on any atom is 0.277 e. The molecule has 0 aliphatic carbocycles. The summed E-state index contributed by atoms with van der Waals surface area (Å²) in [5, 5.41) is 0. The van der Waals surface area contributed by atoms with E-state index in [4.69, 9.17) is 4.84 Å². The van der Waals surface area contributed by atoms with Crippen molar-refractivity contribution in [2.24, 2.45) is 0 Å². The molecule has 0 saturated carbocycles. The fraction of sp³-hybridized carbons (Fsp3) is 0.250. The monoisotopic (exact) mass is 244 g/mol. The number of carbonyl (C=O) groups is 1. The summed E-state index contributed by atoms with van der Waals surface area (Å²) < 4.78 is 0.507. The second-order valence-electron chi connectivity index (χ2n) is 2.21. The Morgan fingerprint density at radius 1 is 1.77 bits per heavy atom. The molecule has 4 nitrogen and oxygen atoms in total. The summed E-state index contributed by atoms with van der Waals surface area (Å²) in [6, 6.07) is 3.34. The summed E-state index contributed by atoms with van der Waals surface area (Å²) in [7, 11) is 0. The van der Waals surface area contributed by atoms with Gasteiger partial charge in [-0.1, -0.05) is 0 Å². The fourth-order valence-electron chi connectivity index (χ4n) is 0.748. The van der Waals surface area contributed by atoms with Gasteiger partial charge in [0, 0.05) is 6.20 Å². The highest BCUT2D eigenvalue weighted by atomic mass is 79.9. The molecule has 0 aliphatic rings. The Kier molecular flexibility index (Phi) is 3.85. The van der Waals surface area contributed by atoms with Crippen molar-refractivity contribution in [3.63, 3.8) is 0 Å². The van der Waals surface area contributed by atoms with Gasteiger partial charge in [0.1, 0.15) is 4.60 Å². The number of hydroxylamine groups is 1. The first-order valence-electron chi connectivity index (χ1n) is 3.78. The zero-order valence-electron chi connectivity index (χ0n) is 7.08. The average Bonchev–Trinajstić information content (AvgIpc) is 2.15. The molecule has 1 aromatic heterocycles. The van der Waals surface area contributed by atoms with E-state index in [-0.39, 0.29) is 5.91 Å². The summed E-state index contributed by atoms with van der Waals surface area (Å²) >= 11 is 3.16. The standard InChI is InChI=1S/C8H9BrN2O2/c1-2-13-11-8(12)6-4-3-5-10-7(6)9/h3-5H,2H2,1H3,(H,11,12). The van der Waals surface area contributed by atoms with E-state index in [1.54, 1.807) is 25.3 Å². The highest BCUT2D eigenvalue weighted by Gasteiger charge is 2.08. The third-order valence-electron chi connectivity index (χ3n) is 1.31. The normalized spacial score (nSPS) is 9.69. The lowest BCUT2D eigenvalue weighted by Crippen LogP contribution is -2.24. The molecule has 13 heavy (non-hydrogen) atoms. The predicted molar refractivity (Wildman–Crippen MR) is 51.0 cm³/mol. The largest absolute Gasteiger partial charge is 0.277 e. The highest BCUT2D eigenvalue weighted by molar-refractivity contribution is 9.10. The Labute approximate surface area is 84.4 Å². The van der Waals surface area contributed by atoms with E-state index < -0.39 is 0 Å². The summed E-state index contributed by atoms with van der Waals surface area (Å²) in [5.74, 6) is -0.304. The van der Waals surface area contributed by atoms with Crippen molar-refractivity contribution in [3.05, 3.63) is 28.5 Å². The molecule has 0 unspecified atom stereocenters. The number of carbonyl (C=O) groups excluding carboxylic acids is 1. The van der Waals surface area contributed by atoms with E-state index in [0.717, 1.165) is 0 Å². The van der Waals surface area contributed by atoms with Crippen LogP contribution in [-0.2, 0) is 4.84 Å². The molecule has 0 radical (unpaired) electrons. The number of hydrogen-bond donors (Lipinski definition) is 1. The summed E-state index contributed by atoms with van der Waals surface area (Å²) in [6.45, 7) is 2.22. The lowest BCUT2D eigenvalue weighted by atomic mass is 10.3. The lowest BCUT2D eigenvalue weighted by Gasteiger charge is -2.03. The van der Waals surface area contributed by atoms with Gasteiger partial charge in [0.05, 0.1) is 12.2 Å². The Morgan fingerprint density at radius 3 is 3.15 bits per heavy atom. The Balaban J connectivity index is 2.71. The van der Waals surface area contributed by atoms with Gasteiger partial charge >= 0.3 is 0 Å². The Morgan fingerprint density at radius 2 is 2.54 bits per heavy atom. The first-order chi connectivity index (χ1) is 6.25. The quantitative estimate of drug-likeness (QED) is 0.648. The minimum atomic E-state index is -0.304. The van der Waals surface area contributed by atoms with Crippen LogP contribution in [0.25, 0.3) is 0 Å². The molecule has 1 heterocycles. The van der Waals surface area contributed by atoms with Gasteiger partial charge in [-0.25, -0.2) is 10.5 Å². The number of halogens is 1. The van der Waals surface area contributed by atoms with Gasteiger partial charge in [-0.05, 0) is 35.0 Å². The minimum absolute atomic E-state index is 0.304. The van der Waals surface area contributed by atoms with Gasteiger partial charge in [0.25, 0.3) is 5.91 Å². The minimum Gasteiger partial charge on any atom is -0.274 e. The van der Waals surface area contributed by atoms with E-state index in [2.05, 4.69) is 26.4 Å². The summed E-state index contributed by atoms with van der Waals surface area (Å²) in [5.41, 5.74) is 2.74. The molecule has 0 fully saturated rings. The molecular formula is C8H9BrN2O2. The van der Waals surface area contributed by atoms with Crippen molar-refractivity contribution >= 4 is 21.8 Å². The van der Waals surface area contributed by atoms with Gasteiger partial charge in [-0.3, -0.25) is 9.63 Å². The van der Waals surface area contributed by atoms with Crippen LogP contribution >= 0.6 is 15.9 Å². The lowest BCUT2D eigenvalue weighted by molar-refractivity contribution is 0.0363. The van der Waals surface area contributed by atoms with Gasteiger partial charge in [-0.2, -0.15) is 0 Å². The molecule has 0 aliphatic heterocycles. The second-order valence-corrected chi connectivity index (χ2v) is 2.96. The van der Waals surface area contributed by atoms with Crippen molar-refractivity contribution in [2.75, 3.05) is 6.61 Å². The van der Waals surface area contributed by atoms with Gasteiger partial charge in [-0.15, -0.1) is 0 Å². The molecule has 1 rings (SSSR count).